The average Bonchev–Trinajstić information content (AvgIpc) is 1.80. The summed E-state index contributed by atoms with van der Waals surface area (Å²) in [5, 5.41) is 10.3. The SMILES string of the molecule is CC(C)C(C)C(C)(O)C1CCC1. The molecule has 1 saturated carbocycles. The Morgan fingerprint density at radius 2 is 1.75 bits per heavy atom. The summed E-state index contributed by atoms with van der Waals surface area (Å²) < 4.78 is 0. The molecular weight excluding hydrogens is 148 g/mol. The Labute approximate surface area is 76.2 Å². The molecule has 2 unspecified atom stereocenters. The van der Waals surface area contributed by atoms with Crippen LogP contribution in [0.3, 0.4) is 0 Å². The van der Waals surface area contributed by atoms with E-state index in [-0.39, 0.29) is 0 Å². The van der Waals surface area contributed by atoms with E-state index in [1.165, 1.54) is 19.3 Å². The standard InChI is InChI=1S/C11H22O/c1-8(2)9(3)11(4,12)10-6-5-7-10/h8-10,12H,5-7H2,1-4H3. The zero-order chi connectivity index (χ0) is 9.35. The second-order valence-corrected chi connectivity index (χ2v) is 4.89. The Kier molecular flexibility index (Phi) is 2.82. The molecule has 1 nitrogen and oxygen atoms in total. The third-order valence-electron chi connectivity index (χ3n) is 3.85. The first kappa shape index (κ1) is 10.0. The third-order valence-corrected chi connectivity index (χ3v) is 3.85. The van der Waals surface area contributed by atoms with Crippen molar-refractivity contribution in [1.82, 2.24) is 0 Å². The first-order valence-electron chi connectivity index (χ1n) is 5.18. The normalized spacial score (nSPS) is 26.5. The van der Waals surface area contributed by atoms with Crippen LogP contribution in [0.4, 0.5) is 0 Å². The van der Waals surface area contributed by atoms with Crippen LogP contribution >= 0.6 is 0 Å². The lowest BCUT2D eigenvalue weighted by Gasteiger charge is -2.44. The van der Waals surface area contributed by atoms with Crippen LogP contribution < -0.4 is 0 Å². The number of hydrogen-bond acceptors (Lipinski definition) is 1. The van der Waals surface area contributed by atoms with Gasteiger partial charge in [0.05, 0.1) is 5.60 Å². The van der Waals surface area contributed by atoms with Crippen molar-refractivity contribution in [1.29, 1.82) is 0 Å². The van der Waals surface area contributed by atoms with Crippen molar-refractivity contribution in [2.45, 2.75) is 52.6 Å². The quantitative estimate of drug-likeness (QED) is 0.690. The molecule has 0 heterocycles. The molecule has 1 fully saturated rings. The van der Waals surface area contributed by atoms with Gasteiger partial charge in [0.25, 0.3) is 0 Å². The third kappa shape index (κ3) is 1.66. The van der Waals surface area contributed by atoms with Gasteiger partial charge in [0.1, 0.15) is 0 Å². The van der Waals surface area contributed by atoms with Gasteiger partial charge in [-0.3, -0.25) is 0 Å². The fourth-order valence-electron chi connectivity index (χ4n) is 2.04. The Morgan fingerprint density at radius 1 is 1.25 bits per heavy atom. The van der Waals surface area contributed by atoms with Crippen molar-refractivity contribution in [3.8, 4) is 0 Å². The molecule has 0 aromatic carbocycles. The van der Waals surface area contributed by atoms with E-state index in [1.54, 1.807) is 0 Å². The van der Waals surface area contributed by atoms with Crippen molar-refractivity contribution in [2.24, 2.45) is 17.8 Å². The molecule has 1 aliphatic rings. The number of hydrogen-bond donors (Lipinski definition) is 1. The summed E-state index contributed by atoms with van der Waals surface area (Å²) in [4.78, 5) is 0. The monoisotopic (exact) mass is 170 g/mol. The topological polar surface area (TPSA) is 20.2 Å². The van der Waals surface area contributed by atoms with E-state index in [9.17, 15) is 5.11 Å². The second kappa shape index (κ2) is 3.37. The first-order valence-corrected chi connectivity index (χ1v) is 5.18. The highest BCUT2D eigenvalue weighted by Gasteiger charge is 2.41. The lowest BCUT2D eigenvalue weighted by atomic mass is 9.66. The number of rotatable bonds is 3. The van der Waals surface area contributed by atoms with Gasteiger partial charge in [-0.1, -0.05) is 27.2 Å². The summed E-state index contributed by atoms with van der Waals surface area (Å²) in [6.45, 7) is 8.57. The highest BCUT2D eigenvalue weighted by Crippen LogP contribution is 2.42. The summed E-state index contributed by atoms with van der Waals surface area (Å²) in [6.07, 6.45) is 3.76. The number of aliphatic hydroxyl groups is 1. The summed E-state index contributed by atoms with van der Waals surface area (Å²) in [5.74, 6) is 1.57. The van der Waals surface area contributed by atoms with Gasteiger partial charge in [0.15, 0.2) is 0 Å². The molecule has 0 aliphatic heterocycles. The molecule has 1 N–H and O–H groups in total. The largest absolute Gasteiger partial charge is 0.390 e. The summed E-state index contributed by atoms with van der Waals surface area (Å²) in [6, 6.07) is 0. The highest BCUT2D eigenvalue weighted by atomic mass is 16.3. The Morgan fingerprint density at radius 3 is 2.00 bits per heavy atom. The fraction of sp³-hybridized carbons (Fsp3) is 1.00. The summed E-state index contributed by atoms with van der Waals surface area (Å²) >= 11 is 0. The van der Waals surface area contributed by atoms with Crippen LogP contribution in [0.1, 0.15) is 47.0 Å². The van der Waals surface area contributed by atoms with Gasteiger partial charge in [-0.25, -0.2) is 0 Å². The van der Waals surface area contributed by atoms with Gasteiger partial charge in [-0.05, 0) is 37.5 Å². The fourth-order valence-corrected chi connectivity index (χ4v) is 2.04. The predicted molar refractivity (Wildman–Crippen MR) is 52.0 cm³/mol. The molecular formula is C11H22O. The maximum absolute atomic E-state index is 10.3. The molecule has 2 atom stereocenters. The van der Waals surface area contributed by atoms with E-state index < -0.39 is 5.60 Å². The minimum atomic E-state index is -0.424. The van der Waals surface area contributed by atoms with E-state index >= 15 is 0 Å². The van der Waals surface area contributed by atoms with Gasteiger partial charge in [0, 0.05) is 0 Å². The molecule has 1 aliphatic carbocycles. The van der Waals surface area contributed by atoms with Crippen LogP contribution in [-0.4, -0.2) is 10.7 Å². The van der Waals surface area contributed by atoms with Crippen molar-refractivity contribution >= 4 is 0 Å². The Bertz CT molecular complexity index is 145. The van der Waals surface area contributed by atoms with Gasteiger partial charge < -0.3 is 5.11 Å². The molecule has 0 bridgehead atoms. The molecule has 72 valence electrons. The lowest BCUT2D eigenvalue weighted by molar-refractivity contribution is -0.0884. The van der Waals surface area contributed by atoms with Crippen molar-refractivity contribution in [2.75, 3.05) is 0 Å². The van der Waals surface area contributed by atoms with Crippen LogP contribution in [-0.2, 0) is 0 Å². The minimum Gasteiger partial charge on any atom is -0.390 e. The maximum Gasteiger partial charge on any atom is 0.0675 e. The van der Waals surface area contributed by atoms with E-state index in [1.807, 2.05) is 6.92 Å². The van der Waals surface area contributed by atoms with E-state index in [0.717, 1.165) is 0 Å². The first-order chi connectivity index (χ1) is 5.46. The molecule has 0 saturated heterocycles. The van der Waals surface area contributed by atoms with Crippen molar-refractivity contribution in [3.63, 3.8) is 0 Å². The molecule has 0 amide bonds. The van der Waals surface area contributed by atoms with Gasteiger partial charge in [-0.2, -0.15) is 0 Å². The van der Waals surface area contributed by atoms with Gasteiger partial charge >= 0.3 is 0 Å². The van der Waals surface area contributed by atoms with E-state index in [4.69, 9.17) is 0 Å². The average molecular weight is 170 g/mol. The zero-order valence-electron chi connectivity index (χ0n) is 8.80. The summed E-state index contributed by atoms with van der Waals surface area (Å²) in [5.41, 5.74) is -0.424. The van der Waals surface area contributed by atoms with Crippen LogP contribution in [0, 0.1) is 17.8 Å². The molecule has 0 aromatic rings. The van der Waals surface area contributed by atoms with Crippen LogP contribution in [0.5, 0.6) is 0 Å². The van der Waals surface area contributed by atoms with Crippen LogP contribution in [0.25, 0.3) is 0 Å². The Balaban J connectivity index is 2.56. The zero-order valence-corrected chi connectivity index (χ0v) is 8.80. The molecule has 0 radical (unpaired) electrons. The van der Waals surface area contributed by atoms with E-state index in [0.29, 0.717) is 17.8 Å². The minimum absolute atomic E-state index is 0.419. The maximum atomic E-state index is 10.3. The Hall–Kier alpha value is -0.0400. The van der Waals surface area contributed by atoms with Crippen molar-refractivity contribution < 1.29 is 5.11 Å². The van der Waals surface area contributed by atoms with Gasteiger partial charge in [-0.15, -0.1) is 0 Å². The molecule has 0 aromatic heterocycles. The second-order valence-electron chi connectivity index (χ2n) is 4.89. The smallest absolute Gasteiger partial charge is 0.0675 e. The van der Waals surface area contributed by atoms with E-state index in [2.05, 4.69) is 20.8 Å². The van der Waals surface area contributed by atoms with Gasteiger partial charge in [0.2, 0.25) is 0 Å². The molecule has 1 rings (SSSR count). The molecule has 0 spiro atoms. The van der Waals surface area contributed by atoms with Crippen LogP contribution in [0.2, 0.25) is 0 Å². The highest BCUT2D eigenvalue weighted by molar-refractivity contribution is 4.92. The van der Waals surface area contributed by atoms with Crippen molar-refractivity contribution in [3.05, 3.63) is 0 Å². The summed E-state index contributed by atoms with van der Waals surface area (Å²) in [7, 11) is 0. The lowest BCUT2D eigenvalue weighted by Crippen LogP contribution is -2.46. The molecule has 12 heavy (non-hydrogen) atoms. The van der Waals surface area contributed by atoms with Crippen LogP contribution in [0.15, 0.2) is 0 Å². The molecule has 1 heteroatoms. The predicted octanol–water partition coefficient (Wildman–Crippen LogP) is 2.83.